The third-order valence-electron chi connectivity index (χ3n) is 6.69. The first-order valence-corrected chi connectivity index (χ1v) is 11.0. The second kappa shape index (κ2) is 7.52. The molecule has 3 aliphatic rings. The highest BCUT2D eigenvalue weighted by molar-refractivity contribution is 6.32. The molecule has 0 aliphatic carbocycles. The number of carbonyl (C=O) groups excluding carboxylic acids is 3. The van der Waals surface area contributed by atoms with Crippen LogP contribution in [0, 0.1) is 0 Å². The summed E-state index contributed by atoms with van der Waals surface area (Å²) in [6.07, 6.45) is 1.42. The Morgan fingerprint density at radius 3 is 2.62 bits per heavy atom. The van der Waals surface area contributed by atoms with Gasteiger partial charge in [0.2, 0.25) is 5.91 Å². The Morgan fingerprint density at radius 1 is 1.19 bits per heavy atom. The Balaban J connectivity index is 1.59. The first-order valence-electron chi connectivity index (χ1n) is 10.6. The quantitative estimate of drug-likeness (QED) is 0.519. The van der Waals surface area contributed by atoms with Crippen LogP contribution in [0.1, 0.15) is 60.0 Å². The van der Waals surface area contributed by atoms with E-state index < -0.39 is 17.5 Å². The maximum absolute atomic E-state index is 13.1. The van der Waals surface area contributed by atoms with Gasteiger partial charge in [0.15, 0.2) is 5.78 Å². The first kappa shape index (κ1) is 20.8. The van der Waals surface area contributed by atoms with Gasteiger partial charge in [0.25, 0.3) is 0 Å². The lowest BCUT2D eigenvalue weighted by atomic mass is 9.79. The van der Waals surface area contributed by atoms with E-state index in [2.05, 4.69) is 0 Å². The molecule has 0 bridgehead atoms. The van der Waals surface area contributed by atoms with Crippen LogP contribution in [0.25, 0.3) is 0 Å². The van der Waals surface area contributed by atoms with Crippen LogP contribution in [0.15, 0.2) is 30.3 Å². The normalized spacial score (nSPS) is 21.4. The number of likely N-dealkylation sites (tertiary alicyclic amines) is 1. The largest absolute Gasteiger partial charge is 0.506 e. The predicted molar refractivity (Wildman–Crippen MR) is 115 cm³/mol. The Hall–Kier alpha value is -3.06. The molecule has 1 spiro atoms. The summed E-state index contributed by atoms with van der Waals surface area (Å²) in [7, 11) is 0. The number of carbonyl (C=O) groups is 3. The molecule has 1 N–H and O–H groups in total. The standard InChI is InChI=1S/C24H22ClNO6/c1-13(27)26-8-6-24(7-9-26)12-19(29)15-3-5-20-22(23(15)32-24)16(11-21(30)31-20)14-2-4-18(28)17(25)10-14/h2-5,10,16,28H,6-9,11-12H2,1H3/t16-/m0/s1. The van der Waals surface area contributed by atoms with Gasteiger partial charge >= 0.3 is 5.97 Å². The summed E-state index contributed by atoms with van der Waals surface area (Å²) in [4.78, 5) is 39.0. The number of rotatable bonds is 1. The molecule has 0 aromatic heterocycles. The number of esters is 1. The third kappa shape index (κ3) is 3.41. The number of ketones is 1. The fourth-order valence-corrected chi connectivity index (χ4v) is 5.12. The summed E-state index contributed by atoms with van der Waals surface area (Å²) in [6.45, 7) is 2.59. The first-order chi connectivity index (χ1) is 15.3. The molecule has 0 unspecified atom stereocenters. The molecular weight excluding hydrogens is 434 g/mol. The highest BCUT2D eigenvalue weighted by atomic mass is 35.5. The molecule has 1 saturated heterocycles. The number of aromatic hydroxyl groups is 1. The van der Waals surface area contributed by atoms with Crippen molar-refractivity contribution in [1.82, 2.24) is 4.90 Å². The van der Waals surface area contributed by atoms with E-state index in [1.807, 2.05) is 0 Å². The smallest absolute Gasteiger partial charge is 0.312 e. The van der Waals surface area contributed by atoms with Crippen molar-refractivity contribution in [3.63, 3.8) is 0 Å². The molecule has 3 heterocycles. The van der Waals surface area contributed by atoms with Gasteiger partial charge < -0.3 is 19.5 Å². The van der Waals surface area contributed by atoms with Crippen molar-refractivity contribution in [2.24, 2.45) is 0 Å². The molecule has 5 rings (SSSR count). The van der Waals surface area contributed by atoms with Gasteiger partial charge in [-0.3, -0.25) is 14.4 Å². The highest BCUT2D eigenvalue weighted by Crippen LogP contribution is 2.50. The van der Waals surface area contributed by atoms with Crippen LogP contribution in [0.5, 0.6) is 17.2 Å². The Kier molecular flexibility index (Phi) is 4.89. The molecule has 7 nitrogen and oxygen atoms in total. The molecule has 0 radical (unpaired) electrons. The van der Waals surface area contributed by atoms with Gasteiger partial charge in [-0.15, -0.1) is 0 Å². The van der Waals surface area contributed by atoms with Crippen LogP contribution < -0.4 is 9.47 Å². The molecule has 2 aromatic carbocycles. The molecule has 0 saturated carbocycles. The van der Waals surface area contributed by atoms with Crippen molar-refractivity contribution in [1.29, 1.82) is 0 Å². The Bertz CT molecular complexity index is 1150. The third-order valence-corrected chi connectivity index (χ3v) is 7.00. The molecular formula is C24H22ClNO6. The SMILES string of the molecule is CC(=O)N1CCC2(CC1)CC(=O)c1ccc3c(c1O2)[C@H](c1ccc(O)c(Cl)c1)CC(=O)O3. The Morgan fingerprint density at radius 2 is 1.94 bits per heavy atom. The van der Waals surface area contributed by atoms with E-state index in [-0.39, 0.29) is 35.3 Å². The van der Waals surface area contributed by atoms with E-state index in [0.717, 1.165) is 5.56 Å². The summed E-state index contributed by atoms with van der Waals surface area (Å²) in [5.74, 6) is -0.0813. The number of amides is 1. The lowest BCUT2D eigenvalue weighted by Gasteiger charge is -2.45. The monoisotopic (exact) mass is 455 g/mol. The summed E-state index contributed by atoms with van der Waals surface area (Å²) < 4.78 is 12.1. The molecule has 1 fully saturated rings. The number of phenolic OH excluding ortho intramolecular Hbond substituents is 1. The zero-order valence-corrected chi connectivity index (χ0v) is 18.3. The molecule has 1 atom stereocenters. The van der Waals surface area contributed by atoms with Crippen molar-refractivity contribution in [2.45, 2.75) is 44.1 Å². The van der Waals surface area contributed by atoms with Crippen LogP contribution in [0.4, 0.5) is 0 Å². The van der Waals surface area contributed by atoms with E-state index in [0.29, 0.717) is 48.6 Å². The van der Waals surface area contributed by atoms with E-state index in [1.165, 1.54) is 13.0 Å². The molecule has 1 amide bonds. The highest BCUT2D eigenvalue weighted by Gasteiger charge is 2.46. The lowest BCUT2D eigenvalue weighted by Crippen LogP contribution is -2.52. The average Bonchev–Trinajstić information content (AvgIpc) is 2.75. The number of benzene rings is 2. The zero-order valence-electron chi connectivity index (χ0n) is 17.5. The topological polar surface area (TPSA) is 93.1 Å². The fourth-order valence-electron chi connectivity index (χ4n) is 4.94. The number of Topliss-reactive ketones (excluding diaryl/α,β-unsaturated/α-hetero) is 1. The maximum Gasteiger partial charge on any atom is 0.312 e. The van der Waals surface area contributed by atoms with Crippen molar-refractivity contribution in [3.05, 3.63) is 52.0 Å². The van der Waals surface area contributed by atoms with Crippen molar-refractivity contribution in [3.8, 4) is 17.2 Å². The van der Waals surface area contributed by atoms with Gasteiger partial charge in [0, 0.05) is 44.3 Å². The van der Waals surface area contributed by atoms with Gasteiger partial charge in [-0.1, -0.05) is 17.7 Å². The molecule has 3 aliphatic heterocycles. The average molecular weight is 456 g/mol. The number of hydrogen-bond acceptors (Lipinski definition) is 6. The summed E-state index contributed by atoms with van der Waals surface area (Å²) in [5.41, 5.74) is 1.15. The van der Waals surface area contributed by atoms with Crippen LogP contribution >= 0.6 is 11.6 Å². The van der Waals surface area contributed by atoms with Crippen LogP contribution in [-0.2, 0) is 9.59 Å². The van der Waals surface area contributed by atoms with Gasteiger partial charge in [-0.05, 0) is 29.8 Å². The summed E-state index contributed by atoms with van der Waals surface area (Å²) in [6, 6.07) is 8.09. The number of nitrogens with zero attached hydrogens (tertiary/aromatic N) is 1. The molecule has 8 heteroatoms. The van der Waals surface area contributed by atoms with Gasteiger partial charge in [-0.25, -0.2) is 0 Å². The number of halogens is 1. The van der Waals surface area contributed by atoms with Crippen molar-refractivity contribution >= 4 is 29.3 Å². The second-order valence-corrected chi connectivity index (χ2v) is 9.09. The van der Waals surface area contributed by atoms with Crippen LogP contribution in [-0.4, -0.2) is 46.4 Å². The Labute approximate surface area is 189 Å². The van der Waals surface area contributed by atoms with Gasteiger partial charge in [0.05, 0.1) is 23.4 Å². The van der Waals surface area contributed by atoms with Gasteiger partial charge in [-0.2, -0.15) is 0 Å². The molecule has 32 heavy (non-hydrogen) atoms. The number of hydrogen-bond donors (Lipinski definition) is 1. The summed E-state index contributed by atoms with van der Waals surface area (Å²) in [5, 5.41) is 10.0. The fraction of sp³-hybridized carbons (Fsp3) is 0.375. The van der Waals surface area contributed by atoms with E-state index >= 15 is 0 Å². The number of fused-ring (bicyclic) bond motifs is 3. The number of phenols is 1. The number of ether oxygens (including phenoxy) is 2. The zero-order chi connectivity index (χ0) is 22.6. The van der Waals surface area contributed by atoms with Gasteiger partial charge in [0.1, 0.15) is 22.8 Å². The minimum absolute atomic E-state index is 0.0101. The van der Waals surface area contributed by atoms with Crippen molar-refractivity contribution < 1.29 is 29.0 Å². The molecule has 2 aromatic rings. The van der Waals surface area contributed by atoms with Crippen LogP contribution in [0.2, 0.25) is 5.02 Å². The van der Waals surface area contributed by atoms with E-state index in [9.17, 15) is 19.5 Å². The van der Waals surface area contributed by atoms with Crippen molar-refractivity contribution in [2.75, 3.05) is 13.1 Å². The lowest BCUT2D eigenvalue weighted by molar-refractivity contribution is -0.135. The minimum atomic E-state index is -0.691. The predicted octanol–water partition coefficient (Wildman–Crippen LogP) is 3.83. The van der Waals surface area contributed by atoms with E-state index in [4.69, 9.17) is 21.1 Å². The summed E-state index contributed by atoms with van der Waals surface area (Å²) >= 11 is 6.14. The molecule has 166 valence electrons. The second-order valence-electron chi connectivity index (χ2n) is 8.69. The number of piperidine rings is 1. The van der Waals surface area contributed by atoms with E-state index in [1.54, 1.807) is 29.2 Å². The van der Waals surface area contributed by atoms with Crippen LogP contribution in [0.3, 0.4) is 0 Å². The maximum atomic E-state index is 13.1. The minimum Gasteiger partial charge on any atom is -0.506 e.